The first kappa shape index (κ1) is 36.0. The third-order valence-electron chi connectivity index (χ3n) is 4.33. The molecular formula is C16H17F17O3S. The zero-order chi connectivity index (χ0) is 29.8. The summed E-state index contributed by atoms with van der Waals surface area (Å²) in [6.45, 7) is -0.822. The Balaban J connectivity index is 5.58. The predicted octanol–water partition coefficient (Wildman–Crippen LogP) is 6.14. The molecule has 1 N–H and O–H groups in total. The van der Waals surface area contributed by atoms with Gasteiger partial charge in [-0.2, -0.15) is 86.4 Å². The van der Waals surface area contributed by atoms with Gasteiger partial charge < -0.3 is 14.6 Å². The molecule has 0 aliphatic rings. The monoisotopic (exact) mass is 612 g/mol. The first-order chi connectivity index (χ1) is 16.3. The van der Waals surface area contributed by atoms with Gasteiger partial charge in [-0.15, -0.1) is 0 Å². The Kier molecular flexibility index (Phi) is 11.7. The van der Waals surface area contributed by atoms with Gasteiger partial charge in [0.2, 0.25) is 0 Å². The molecule has 21 heteroatoms. The molecule has 224 valence electrons. The fraction of sp³-hybridized carbons (Fsp3) is 1.00. The molecule has 0 bridgehead atoms. The van der Waals surface area contributed by atoms with Gasteiger partial charge in [-0.25, -0.2) is 0 Å². The van der Waals surface area contributed by atoms with Crippen molar-refractivity contribution in [1.29, 1.82) is 0 Å². The fourth-order valence-electron chi connectivity index (χ4n) is 2.16. The summed E-state index contributed by atoms with van der Waals surface area (Å²) in [5.74, 6) is -57.7. The number of hydrogen-bond acceptors (Lipinski definition) is 4. The van der Waals surface area contributed by atoms with Crippen LogP contribution < -0.4 is 0 Å². The first-order valence-electron chi connectivity index (χ1n) is 9.36. The molecule has 37 heavy (non-hydrogen) atoms. The van der Waals surface area contributed by atoms with Crippen LogP contribution in [0.4, 0.5) is 74.6 Å². The van der Waals surface area contributed by atoms with Gasteiger partial charge in [0.1, 0.15) is 0 Å². The Morgan fingerprint density at radius 3 is 1.24 bits per heavy atom. The average Bonchev–Trinajstić information content (AvgIpc) is 2.73. The molecule has 0 saturated carbocycles. The van der Waals surface area contributed by atoms with Gasteiger partial charge in [0.15, 0.2) is 0 Å². The van der Waals surface area contributed by atoms with E-state index in [1.807, 2.05) is 0 Å². The minimum atomic E-state index is -8.62. The highest BCUT2D eigenvalue weighted by atomic mass is 32.2. The summed E-state index contributed by atoms with van der Waals surface area (Å²) in [6.07, 6.45) is -10.2. The number of ether oxygens (including phenoxy) is 2. The third kappa shape index (κ3) is 6.79. The highest BCUT2D eigenvalue weighted by molar-refractivity contribution is 7.99. The molecule has 0 saturated heterocycles. The van der Waals surface area contributed by atoms with Gasteiger partial charge >= 0.3 is 47.6 Å². The molecule has 0 fully saturated rings. The van der Waals surface area contributed by atoms with Crippen molar-refractivity contribution in [2.45, 2.75) is 54.1 Å². The quantitative estimate of drug-likeness (QED) is 0.158. The van der Waals surface area contributed by atoms with Gasteiger partial charge in [0.05, 0.1) is 33.0 Å². The lowest BCUT2D eigenvalue weighted by Crippen LogP contribution is -2.74. The van der Waals surface area contributed by atoms with Crippen molar-refractivity contribution in [3.63, 3.8) is 0 Å². The highest BCUT2D eigenvalue weighted by Gasteiger charge is 2.95. The second kappa shape index (κ2) is 12.1. The molecule has 3 nitrogen and oxygen atoms in total. The summed E-state index contributed by atoms with van der Waals surface area (Å²) < 4.78 is 233. The molecule has 0 aromatic rings. The van der Waals surface area contributed by atoms with E-state index in [1.54, 1.807) is 0 Å². The lowest BCUT2D eigenvalue weighted by molar-refractivity contribution is -0.461. The zero-order valence-electron chi connectivity index (χ0n) is 17.8. The molecule has 0 spiro atoms. The smallest absolute Gasteiger partial charge is 0.394 e. The van der Waals surface area contributed by atoms with Crippen molar-refractivity contribution in [3.05, 3.63) is 0 Å². The lowest BCUT2D eigenvalue weighted by atomic mass is 9.88. The van der Waals surface area contributed by atoms with E-state index in [9.17, 15) is 74.6 Å². The maximum atomic E-state index is 13.7. The maximum absolute atomic E-state index is 13.7. The molecule has 0 aromatic carbocycles. The molecule has 0 aliphatic heterocycles. The standard InChI is InChI=1S/C16H17F17O3S/c17-9(18,1-7-37-8-6-36-5-4-35-3-2-34)10(19,20)11(21,22)12(23,24)13(25,26)14(27,28)15(29,30)16(31,32)33/h34H,1-8H2. The number of halogens is 17. The second-order valence-corrected chi connectivity index (χ2v) is 8.18. The largest absolute Gasteiger partial charge is 0.460 e. The Morgan fingerprint density at radius 1 is 0.459 bits per heavy atom. The van der Waals surface area contributed by atoms with Crippen LogP contribution in [0.25, 0.3) is 0 Å². The van der Waals surface area contributed by atoms with Gasteiger partial charge in [-0.1, -0.05) is 0 Å². The van der Waals surface area contributed by atoms with Gasteiger partial charge in [-0.05, 0) is 5.75 Å². The molecular weight excluding hydrogens is 595 g/mol. The van der Waals surface area contributed by atoms with E-state index in [4.69, 9.17) is 14.6 Å². The van der Waals surface area contributed by atoms with E-state index < -0.39 is 59.8 Å². The second-order valence-electron chi connectivity index (χ2n) is 6.96. The maximum Gasteiger partial charge on any atom is 0.460 e. The number of hydrogen-bond donors (Lipinski definition) is 1. The number of aliphatic hydroxyl groups excluding tert-OH is 1. The predicted molar refractivity (Wildman–Crippen MR) is 91.3 cm³/mol. The number of thioether (sulfide) groups is 1. The Bertz CT molecular complexity index is 711. The zero-order valence-corrected chi connectivity index (χ0v) is 18.6. The van der Waals surface area contributed by atoms with Gasteiger partial charge in [0.25, 0.3) is 0 Å². The summed E-state index contributed by atoms with van der Waals surface area (Å²) in [5.41, 5.74) is 0. The fourth-order valence-corrected chi connectivity index (χ4v) is 3.00. The first-order valence-corrected chi connectivity index (χ1v) is 10.5. The van der Waals surface area contributed by atoms with Crippen LogP contribution in [0.15, 0.2) is 0 Å². The van der Waals surface area contributed by atoms with Crippen molar-refractivity contribution >= 4 is 11.8 Å². The molecule has 0 aliphatic carbocycles. The van der Waals surface area contributed by atoms with E-state index >= 15 is 0 Å². The Labute approximate surface area is 200 Å². The molecule has 0 rings (SSSR count). The van der Waals surface area contributed by atoms with Crippen LogP contribution in [0.3, 0.4) is 0 Å². The molecule has 0 radical (unpaired) electrons. The normalized spacial score (nSPS) is 15.4. The van der Waals surface area contributed by atoms with E-state index in [2.05, 4.69) is 0 Å². The summed E-state index contributed by atoms with van der Waals surface area (Å²) >= 11 is 0.255. The van der Waals surface area contributed by atoms with Gasteiger partial charge in [-0.3, -0.25) is 0 Å². The Morgan fingerprint density at radius 2 is 0.838 bits per heavy atom. The summed E-state index contributed by atoms with van der Waals surface area (Å²) in [5, 5.41) is 8.41. The van der Waals surface area contributed by atoms with E-state index in [1.165, 1.54) is 0 Å². The van der Waals surface area contributed by atoms with Crippen LogP contribution in [0.5, 0.6) is 0 Å². The number of rotatable bonds is 17. The van der Waals surface area contributed by atoms with E-state index in [0.29, 0.717) is 0 Å². The van der Waals surface area contributed by atoms with Crippen molar-refractivity contribution in [3.8, 4) is 0 Å². The van der Waals surface area contributed by atoms with Crippen molar-refractivity contribution in [2.75, 3.05) is 44.5 Å². The summed E-state index contributed by atoms with van der Waals surface area (Å²) in [4.78, 5) is 0. The average molecular weight is 612 g/mol. The molecule has 0 heterocycles. The Hall–Kier alpha value is -0.960. The van der Waals surface area contributed by atoms with Crippen LogP contribution in [0.1, 0.15) is 6.42 Å². The minimum Gasteiger partial charge on any atom is -0.394 e. The molecule has 0 amide bonds. The lowest BCUT2D eigenvalue weighted by Gasteiger charge is -2.42. The highest BCUT2D eigenvalue weighted by Crippen LogP contribution is 2.64. The van der Waals surface area contributed by atoms with Gasteiger partial charge in [0, 0.05) is 12.2 Å². The van der Waals surface area contributed by atoms with Crippen LogP contribution in [-0.2, 0) is 9.47 Å². The van der Waals surface area contributed by atoms with Crippen LogP contribution in [0.2, 0.25) is 0 Å². The molecule has 0 aromatic heterocycles. The topological polar surface area (TPSA) is 38.7 Å². The van der Waals surface area contributed by atoms with Crippen LogP contribution >= 0.6 is 11.8 Å². The summed E-state index contributed by atoms with van der Waals surface area (Å²) in [6, 6.07) is 0. The van der Waals surface area contributed by atoms with Crippen LogP contribution in [0, 0.1) is 0 Å². The minimum absolute atomic E-state index is 0.0442. The molecule has 0 atom stereocenters. The van der Waals surface area contributed by atoms with E-state index in [-0.39, 0.29) is 50.5 Å². The number of aliphatic hydroxyl groups is 1. The summed E-state index contributed by atoms with van der Waals surface area (Å²) in [7, 11) is 0. The SMILES string of the molecule is OCCOCCOCCSCCC(F)(F)C(F)(F)C(F)(F)C(F)(F)C(F)(F)C(F)(F)C(F)(F)C(F)(F)F. The van der Waals surface area contributed by atoms with Crippen molar-refractivity contribution in [2.24, 2.45) is 0 Å². The third-order valence-corrected chi connectivity index (χ3v) is 5.28. The van der Waals surface area contributed by atoms with Crippen molar-refractivity contribution < 1.29 is 89.2 Å². The van der Waals surface area contributed by atoms with Crippen LogP contribution in [-0.4, -0.2) is 97.3 Å². The molecule has 0 unspecified atom stereocenters. The van der Waals surface area contributed by atoms with E-state index in [0.717, 1.165) is 0 Å². The number of alkyl halides is 17. The van der Waals surface area contributed by atoms with Crippen molar-refractivity contribution in [1.82, 2.24) is 0 Å².